The van der Waals surface area contributed by atoms with Crippen LogP contribution < -0.4 is 5.32 Å². The molecule has 1 amide bonds. The van der Waals surface area contributed by atoms with E-state index in [0.29, 0.717) is 6.42 Å². The fraction of sp³-hybridized carbons (Fsp3) is 0.364. The first kappa shape index (κ1) is 10.7. The molecule has 0 saturated carbocycles. The highest BCUT2D eigenvalue weighted by atomic mass is 16.3. The Labute approximate surface area is 83.8 Å². The molecule has 1 aromatic rings. The second-order valence-corrected chi connectivity index (χ2v) is 3.23. The van der Waals surface area contributed by atoms with Gasteiger partial charge in [0.25, 0.3) is 0 Å². The molecular formula is C11H15NO2. The van der Waals surface area contributed by atoms with Crippen molar-refractivity contribution >= 4 is 11.6 Å². The number of carbonyl (C=O) groups is 1. The van der Waals surface area contributed by atoms with Crippen molar-refractivity contribution < 1.29 is 9.90 Å². The number of rotatable bonds is 3. The second-order valence-electron chi connectivity index (χ2n) is 3.23. The maximum Gasteiger partial charge on any atom is 0.221 e. The number of aliphatic hydroxyl groups excluding tert-OH is 1. The molecule has 0 spiro atoms. The maximum absolute atomic E-state index is 10.7. The summed E-state index contributed by atoms with van der Waals surface area (Å²) in [5.41, 5.74) is 1.63. The SMILES string of the molecule is CC[C@@H](O)c1ccc(NC(C)=O)cc1. The molecule has 2 N–H and O–H groups in total. The summed E-state index contributed by atoms with van der Waals surface area (Å²) in [6.07, 6.45) is 0.279. The van der Waals surface area contributed by atoms with Crippen LogP contribution in [0.15, 0.2) is 24.3 Å². The second kappa shape index (κ2) is 4.77. The van der Waals surface area contributed by atoms with Crippen molar-refractivity contribution in [2.75, 3.05) is 5.32 Å². The first-order valence-corrected chi connectivity index (χ1v) is 4.69. The van der Waals surface area contributed by atoms with Gasteiger partial charge >= 0.3 is 0 Å². The van der Waals surface area contributed by atoms with Gasteiger partial charge in [0.1, 0.15) is 0 Å². The van der Waals surface area contributed by atoms with E-state index in [1.54, 1.807) is 12.1 Å². The molecule has 14 heavy (non-hydrogen) atoms. The molecule has 76 valence electrons. The van der Waals surface area contributed by atoms with E-state index in [-0.39, 0.29) is 5.91 Å². The van der Waals surface area contributed by atoms with Crippen LogP contribution in [-0.2, 0) is 4.79 Å². The lowest BCUT2D eigenvalue weighted by Gasteiger charge is -2.08. The molecule has 0 radical (unpaired) electrons. The summed E-state index contributed by atoms with van der Waals surface area (Å²) in [5.74, 6) is -0.0891. The lowest BCUT2D eigenvalue weighted by Crippen LogP contribution is -2.05. The van der Waals surface area contributed by atoms with Gasteiger partial charge in [-0.3, -0.25) is 4.79 Å². The molecule has 3 heteroatoms. The maximum atomic E-state index is 10.7. The van der Waals surface area contributed by atoms with Gasteiger partial charge in [0.2, 0.25) is 5.91 Å². The molecule has 0 aromatic heterocycles. The molecule has 0 saturated heterocycles. The van der Waals surface area contributed by atoms with Crippen LogP contribution in [0.2, 0.25) is 0 Å². The average molecular weight is 193 g/mol. The van der Waals surface area contributed by atoms with Crippen LogP contribution in [0.5, 0.6) is 0 Å². The number of anilines is 1. The van der Waals surface area contributed by atoms with Crippen molar-refractivity contribution in [2.24, 2.45) is 0 Å². The van der Waals surface area contributed by atoms with Gasteiger partial charge < -0.3 is 10.4 Å². The Hall–Kier alpha value is -1.35. The lowest BCUT2D eigenvalue weighted by molar-refractivity contribution is -0.114. The third kappa shape index (κ3) is 2.85. The van der Waals surface area contributed by atoms with Crippen LogP contribution in [0, 0.1) is 0 Å². The minimum absolute atomic E-state index is 0.0891. The molecule has 0 unspecified atom stereocenters. The predicted octanol–water partition coefficient (Wildman–Crippen LogP) is 2.09. The first-order chi connectivity index (χ1) is 6.63. The van der Waals surface area contributed by atoms with Crippen LogP contribution in [0.3, 0.4) is 0 Å². The largest absolute Gasteiger partial charge is 0.388 e. The summed E-state index contributed by atoms with van der Waals surface area (Å²) in [4.78, 5) is 10.7. The van der Waals surface area contributed by atoms with Crippen LogP contribution >= 0.6 is 0 Å². The molecule has 1 atom stereocenters. The summed E-state index contributed by atoms with van der Waals surface area (Å²) < 4.78 is 0. The van der Waals surface area contributed by atoms with Crippen LogP contribution in [0.25, 0.3) is 0 Å². The van der Waals surface area contributed by atoms with E-state index in [1.165, 1.54) is 6.92 Å². The number of carbonyl (C=O) groups excluding carboxylic acids is 1. The lowest BCUT2D eigenvalue weighted by atomic mass is 10.1. The highest BCUT2D eigenvalue weighted by Crippen LogP contribution is 2.18. The first-order valence-electron chi connectivity index (χ1n) is 4.69. The highest BCUT2D eigenvalue weighted by molar-refractivity contribution is 5.88. The predicted molar refractivity (Wildman–Crippen MR) is 56.0 cm³/mol. The normalized spacial score (nSPS) is 12.2. The van der Waals surface area contributed by atoms with Gasteiger partial charge in [0.05, 0.1) is 6.10 Å². The van der Waals surface area contributed by atoms with E-state index in [9.17, 15) is 9.90 Å². The van der Waals surface area contributed by atoms with Crippen LogP contribution in [0.1, 0.15) is 31.9 Å². The minimum atomic E-state index is -0.415. The molecule has 1 rings (SSSR count). The standard InChI is InChI=1S/C11H15NO2/c1-3-11(14)9-4-6-10(7-5-9)12-8(2)13/h4-7,11,14H,3H2,1-2H3,(H,12,13)/t11-/m1/s1. The van der Waals surface area contributed by atoms with Gasteiger partial charge in [-0.15, -0.1) is 0 Å². The number of amides is 1. The van der Waals surface area contributed by atoms with E-state index < -0.39 is 6.10 Å². The molecular weight excluding hydrogens is 178 g/mol. The Kier molecular flexibility index (Phi) is 3.65. The van der Waals surface area contributed by atoms with Crippen molar-refractivity contribution in [2.45, 2.75) is 26.4 Å². The van der Waals surface area contributed by atoms with E-state index in [4.69, 9.17) is 0 Å². The number of benzene rings is 1. The average Bonchev–Trinajstić information content (AvgIpc) is 2.17. The molecule has 0 aliphatic rings. The van der Waals surface area contributed by atoms with Gasteiger partial charge in [-0.05, 0) is 24.1 Å². The number of nitrogens with one attached hydrogen (secondary N) is 1. The quantitative estimate of drug-likeness (QED) is 0.772. The van der Waals surface area contributed by atoms with E-state index >= 15 is 0 Å². The Morgan fingerprint density at radius 1 is 1.43 bits per heavy atom. The number of hydrogen-bond acceptors (Lipinski definition) is 2. The van der Waals surface area contributed by atoms with Crippen molar-refractivity contribution in [3.8, 4) is 0 Å². The van der Waals surface area contributed by atoms with Crippen molar-refractivity contribution in [3.63, 3.8) is 0 Å². The monoisotopic (exact) mass is 193 g/mol. The zero-order valence-corrected chi connectivity index (χ0v) is 8.45. The molecule has 0 fully saturated rings. The molecule has 0 aliphatic carbocycles. The Bertz CT molecular complexity index is 306. The molecule has 3 nitrogen and oxygen atoms in total. The Morgan fingerprint density at radius 2 is 2.00 bits per heavy atom. The number of aliphatic hydroxyl groups is 1. The smallest absolute Gasteiger partial charge is 0.221 e. The molecule has 0 bridgehead atoms. The fourth-order valence-corrected chi connectivity index (χ4v) is 1.23. The van der Waals surface area contributed by atoms with E-state index in [1.807, 2.05) is 19.1 Å². The third-order valence-corrected chi connectivity index (χ3v) is 2.00. The number of hydrogen-bond donors (Lipinski definition) is 2. The third-order valence-electron chi connectivity index (χ3n) is 2.00. The van der Waals surface area contributed by atoms with Gasteiger partial charge in [0.15, 0.2) is 0 Å². The van der Waals surface area contributed by atoms with Crippen molar-refractivity contribution in [1.82, 2.24) is 0 Å². The van der Waals surface area contributed by atoms with Gasteiger partial charge in [0, 0.05) is 12.6 Å². The molecule has 1 aromatic carbocycles. The molecule has 0 aliphatic heterocycles. The Balaban J connectivity index is 2.73. The summed E-state index contributed by atoms with van der Waals surface area (Å²) in [7, 11) is 0. The Morgan fingerprint density at radius 3 is 2.43 bits per heavy atom. The van der Waals surface area contributed by atoms with Crippen LogP contribution in [-0.4, -0.2) is 11.0 Å². The topological polar surface area (TPSA) is 49.3 Å². The molecule has 0 heterocycles. The minimum Gasteiger partial charge on any atom is -0.388 e. The summed E-state index contributed by atoms with van der Waals surface area (Å²) in [6.45, 7) is 3.39. The fourth-order valence-electron chi connectivity index (χ4n) is 1.23. The zero-order chi connectivity index (χ0) is 10.6. The van der Waals surface area contributed by atoms with E-state index in [0.717, 1.165) is 11.3 Å². The van der Waals surface area contributed by atoms with Crippen molar-refractivity contribution in [3.05, 3.63) is 29.8 Å². The van der Waals surface area contributed by atoms with Gasteiger partial charge in [-0.25, -0.2) is 0 Å². The van der Waals surface area contributed by atoms with E-state index in [2.05, 4.69) is 5.32 Å². The highest BCUT2D eigenvalue weighted by Gasteiger charge is 2.03. The van der Waals surface area contributed by atoms with Gasteiger partial charge in [-0.2, -0.15) is 0 Å². The van der Waals surface area contributed by atoms with Crippen LogP contribution in [0.4, 0.5) is 5.69 Å². The van der Waals surface area contributed by atoms with Gasteiger partial charge in [-0.1, -0.05) is 19.1 Å². The summed E-state index contributed by atoms with van der Waals surface area (Å²) >= 11 is 0. The summed E-state index contributed by atoms with van der Waals surface area (Å²) in [6, 6.07) is 7.21. The zero-order valence-electron chi connectivity index (χ0n) is 8.45. The summed E-state index contributed by atoms with van der Waals surface area (Å²) in [5, 5.41) is 12.2. The van der Waals surface area contributed by atoms with Crippen molar-refractivity contribution in [1.29, 1.82) is 0 Å².